The molecule has 1 aliphatic rings. The van der Waals surface area contributed by atoms with Gasteiger partial charge in [0.1, 0.15) is 6.17 Å². The minimum atomic E-state index is -0.780. The summed E-state index contributed by atoms with van der Waals surface area (Å²) >= 11 is 0. The molecule has 0 amide bonds. The maximum Gasteiger partial charge on any atom is 0.108 e. The topological polar surface area (TPSA) is 56.7 Å². The average Bonchev–Trinajstić information content (AvgIpc) is 2.67. The van der Waals surface area contributed by atoms with Gasteiger partial charge in [0.05, 0.1) is 17.9 Å². The molecule has 0 aliphatic heterocycles. The average molecular weight is 198 g/mol. The smallest absolute Gasteiger partial charge is 0.108 e. The van der Waals surface area contributed by atoms with Crippen LogP contribution in [0.1, 0.15) is 32.0 Å². The van der Waals surface area contributed by atoms with Crippen molar-refractivity contribution in [3.63, 3.8) is 0 Å². The van der Waals surface area contributed by atoms with Crippen molar-refractivity contribution in [2.75, 3.05) is 0 Å². The molecule has 5 heteroatoms. The first kappa shape index (κ1) is 9.58. The molecule has 0 bridgehead atoms. The maximum absolute atomic E-state index is 13.1. The molecule has 1 aromatic heterocycles. The van der Waals surface area contributed by atoms with E-state index in [9.17, 15) is 4.39 Å². The number of halogens is 1. The summed E-state index contributed by atoms with van der Waals surface area (Å²) < 4.78 is 14.8. The molecule has 0 aromatic carbocycles. The predicted octanol–water partition coefficient (Wildman–Crippen LogP) is 1.05. The Kier molecular flexibility index (Phi) is 2.06. The summed E-state index contributed by atoms with van der Waals surface area (Å²) in [5, 5.41) is 7.68. The number of aryl methyl sites for hydroxylation is 1. The third kappa shape index (κ3) is 1.23. The number of nitrogens with two attached hydrogens (primary N) is 1. The molecule has 14 heavy (non-hydrogen) atoms. The molecule has 1 aromatic rings. The first-order valence-electron chi connectivity index (χ1n) is 4.87. The van der Waals surface area contributed by atoms with E-state index in [1.165, 1.54) is 0 Å². The fraction of sp³-hybridized carbons (Fsp3) is 0.778. The van der Waals surface area contributed by atoms with E-state index in [0.29, 0.717) is 6.42 Å². The van der Waals surface area contributed by atoms with Crippen LogP contribution < -0.4 is 5.73 Å². The Morgan fingerprint density at radius 3 is 3.00 bits per heavy atom. The minimum absolute atomic E-state index is 0.299. The molecule has 0 saturated heterocycles. The zero-order valence-electron chi connectivity index (χ0n) is 8.44. The standard InChI is InChI=1S/C9H15FN4/c1-3-14-6(5-12-13-14)8(11)9(2)4-7(9)10/h5,7-8H,3-4,11H2,1-2H3. The molecular formula is C9H15FN4. The number of nitrogens with zero attached hydrogens (tertiary/aromatic N) is 3. The van der Waals surface area contributed by atoms with E-state index in [1.54, 1.807) is 10.9 Å². The molecule has 78 valence electrons. The normalized spacial score (nSPS) is 33.0. The lowest BCUT2D eigenvalue weighted by Gasteiger charge is -2.18. The van der Waals surface area contributed by atoms with Crippen LogP contribution >= 0.6 is 0 Å². The van der Waals surface area contributed by atoms with Crippen molar-refractivity contribution in [3.05, 3.63) is 11.9 Å². The number of aromatic nitrogens is 3. The lowest BCUT2D eigenvalue weighted by atomic mass is 9.97. The number of hydrogen-bond acceptors (Lipinski definition) is 3. The maximum atomic E-state index is 13.1. The van der Waals surface area contributed by atoms with Crippen molar-refractivity contribution >= 4 is 0 Å². The fourth-order valence-corrected chi connectivity index (χ4v) is 1.74. The van der Waals surface area contributed by atoms with Crippen LogP contribution in [0.25, 0.3) is 0 Å². The third-order valence-corrected chi connectivity index (χ3v) is 3.15. The van der Waals surface area contributed by atoms with Gasteiger partial charge in [-0.2, -0.15) is 0 Å². The van der Waals surface area contributed by atoms with Crippen LogP contribution in [0, 0.1) is 5.41 Å². The highest BCUT2D eigenvalue weighted by atomic mass is 19.1. The summed E-state index contributed by atoms with van der Waals surface area (Å²) in [5.74, 6) is 0. The van der Waals surface area contributed by atoms with Gasteiger partial charge >= 0.3 is 0 Å². The number of rotatable bonds is 3. The Hall–Kier alpha value is -0.970. The highest BCUT2D eigenvalue weighted by molar-refractivity contribution is 5.16. The van der Waals surface area contributed by atoms with Crippen molar-refractivity contribution in [2.24, 2.45) is 11.1 Å². The number of alkyl halides is 1. The summed E-state index contributed by atoms with van der Waals surface area (Å²) in [4.78, 5) is 0. The first-order chi connectivity index (χ1) is 6.59. The second-order valence-electron chi connectivity index (χ2n) is 4.13. The molecule has 0 radical (unpaired) electrons. The van der Waals surface area contributed by atoms with Crippen LogP contribution in [-0.2, 0) is 6.54 Å². The Balaban J connectivity index is 2.23. The Labute approximate surface area is 82.3 Å². The van der Waals surface area contributed by atoms with Gasteiger partial charge in [0.15, 0.2) is 0 Å². The molecular weight excluding hydrogens is 183 g/mol. The molecule has 4 nitrogen and oxygen atoms in total. The molecule has 2 N–H and O–H groups in total. The van der Waals surface area contributed by atoms with E-state index in [1.807, 2.05) is 13.8 Å². The van der Waals surface area contributed by atoms with Crippen molar-refractivity contribution in [2.45, 2.75) is 39.0 Å². The van der Waals surface area contributed by atoms with E-state index in [-0.39, 0.29) is 6.04 Å². The summed E-state index contributed by atoms with van der Waals surface area (Å²) in [7, 11) is 0. The molecule has 1 fully saturated rings. The molecule has 0 spiro atoms. The minimum Gasteiger partial charge on any atom is -0.322 e. The third-order valence-electron chi connectivity index (χ3n) is 3.15. The van der Waals surface area contributed by atoms with Crippen molar-refractivity contribution in [3.8, 4) is 0 Å². The number of hydrogen-bond donors (Lipinski definition) is 1. The zero-order chi connectivity index (χ0) is 10.3. The van der Waals surface area contributed by atoms with Crippen LogP contribution in [0.3, 0.4) is 0 Å². The highest BCUT2D eigenvalue weighted by Crippen LogP contribution is 2.55. The Morgan fingerprint density at radius 2 is 2.50 bits per heavy atom. The van der Waals surface area contributed by atoms with Gasteiger partial charge in [-0.05, 0) is 13.3 Å². The van der Waals surface area contributed by atoms with E-state index < -0.39 is 11.6 Å². The Bertz CT molecular complexity index is 337. The van der Waals surface area contributed by atoms with Gasteiger partial charge in [0, 0.05) is 12.0 Å². The monoisotopic (exact) mass is 198 g/mol. The Morgan fingerprint density at radius 1 is 1.86 bits per heavy atom. The van der Waals surface area contributed by atoms with Crippen LogP contribution in [-0.4, -0.2) is 21.2 Å². The van der Waals surface area contributed by atoms with Crippen LogP contribution in [0.15, 0.2) is 6.20 Å². The predicted molar refractivity (Wildman–Crippen MR) is 50.2 cm³/mol. The first-order valence-corrected chi connectivity index (χ1v) is 4.87. The molecule has 1 saturated carbocycles. The van der Waals surface area contributed by atoms with Gasteiger partial charge in [0.2, 0.25) is 0 Å². The van der Waals surface area contributed by atoms with E-state index >= 15 is 0 Å². The summed E-state index contributed by atoms with van der Waals surface area (Å²) in [5.41, 5.74) is 6.43. The summed E-state index contributed by atoms with van der Waals surface area (Å²) in [6.07, 6.45) is 1.39. The van der Waals surface area contributed by atoms with Crippen LogP contribution in [0.5, 0.6) is 0 Å². The summed E-state index contributed by atoms with van der Waals surface area (Å²) in [6.45, 7) is 4.55. The van der Waals surface area contributed by atoms with Crippen LogP contribution in [0.2, 0.25) is 0 Å². The van der Waals surface area contributed by atoms with Gasteiger partial charge in [-0.15, -0.1) is 5.10 Å². The summed E-state index contributed by atoms with van der Waals surface area (Å²) in [6, 6.07) is -0.299. The molecule has 1 heterocycles. The highest BCUT2D eigenvalue weighted by Gasteiger charge is 2.56. The molecule has 2 rings (SSSR count). The lowest BCUT2D eigenvalue weighted by molar-refractivity contribution is 0.321. The second kappa shape index (κ2) is 3.02. The van der Waals surface area contributed by atoms with Gasteiger partial charge in [0.25, 0.3) is 0 Å². The van der Waals surface area contributed by atoms with Gasteiger partial charge < -0.3 is 5.73 Å². The zero-order valence-corrected chi connectivity index (χ0v) is 8.44. The van der Waals surface area contributed by atoms with Gasteiger partial charge in [-0.25, -0.2) is 9.07 Å². The van der Waals surface area contributed by atoms with E-state index in [2.05, 4.69) is 10.3 Å². The second-order valence-corrected chi connectivity index (χ2v) is 4.13. The lowest BCUT2D eigenvalue weighted by Crippen LogP contribution is -2.25. The molecule has 1 aliphatic carbocycles. The van der Waals surface area contributed by atoms with Crippen molar-refractivity contribution in [1.29, 1.82) is 0 Å². The van der Waals surface area contributed by atoms with Crippen molar-refractivity contribution in [1.82, 2.24) is 15.0 Å². The van der Waals surface area contributed by atoms with E-state index in [0.717, 1.165) is 12.2 Å². The van der Waals surface area contributed by atoms with E-state index in [4.69, 9.17) is 5.73 Å². The molecule has 3 unspecified atom stereocenters. The van der Waals surface area contributed by atoms with Gasteiger partial charge in [-0.1, -0.05) is 12.1 Å². The van der Waals surface area contributed by atoms with Gasteiger partial charge in [-0.3, -0.25) is 0 Å². The quantitative estimate of drug-likeness (QED) is 0.789. The van der Waals surface area contributed by atoms with Crippen LogP contribution in [0.4, 0.5) is 4.39 Å². The largest absolute Gasteiger partial charge is 0.322 e. The fourth-order valence-electron chi connectivity index (χ4n) is 1.74. The molecule has 3 atom stereocenters. The SMILES string of the molecule is CCn1nncc1C(N)C1(C)CC1F. The van der Waals surface area contributed by atoms with Crippen molar-refractivity contribution < 1.29 is 4.39 Å².